The van der Waals surface area contributed by atoms with Gasteiger partial charge in [0.25, 0.3) is 5.92 Å². The highest BCUT2D eigenvalue weighted by Gasteiger charge is 2.76. The second kappa shape index (κ2) is 2.14. The second-order valence-electron chi connectivity index (χ2n) is 2.70. The first-order chi connectivity index (χ1) is 4.96. The van der Waals surface area contributed by atoms with Gasteiger partial charge in [0, 0.05) is 13.5 Å². The Hall–Kier alpha value is -0.710. The minimum absolute atomic E-state index is 0.421. The van der Waals surface area contributed by atoms with Crippen LogP contribution in [0.15, 0.2) is 0 Å². The first-order valence-electron chi connectivity index (χ1n) is 3.06. The summed E-state index contributed by atoms with van der Waals surface area (Å²) in [6.07, 6.45) is -0.608. The molecule has 5 heteroatoms. The largest absolute Gasteiger partial charge is 0.481 e. The standard InChI is InChI=1S/C6H8F2O3/c1-11-3-5(4(9)10)2-6(5,7)8/h2-3H2,1H3,(H,9,10). The molecule has 0 aliphatic heterocycles. The number of aliphatic carboxylic acids is 1. The van der Waals surface area contributed by atoms with Crippen molar-refractivity contribution in [2.45, 2.75) is 12.3 Å². The van der Waals surface area contributed by atoms with Crippen LogP contribution in [0.2, 0.25) is 0 Å². The van der Waals surface area contributed by atoms with E-state index in [0.717, 1.165) is 0 Å². The lowest BCUT2D eigenvalue weighted by molar-refractivity contribution is -0.150. The monoisotopic (exact) mass is 166 g/mol. The van der Waals surface area contributed by atoms with E-state index in [1.54, 1.807) is 0 Å². The van der Waals surface area contributed by atoms with Crippen molar-refractivity contribution in [1.82, 2.24) is 0 Å². The minimum Gasteiger partial charge on any atom is -0.481 e. The smallest absolute Gasteiger partial charge is 0.318 e. The van der Waals surface area contributed by atoms with Crippen LogP contribution in [0, 0.1) is 5.41 Å². The second-order valence-corrected chi connectivity index (χ2v) is 2.70. The summed E-state index contributed by atoms with van der Waals surface area (Å²) in [6.45, 7) is -0.421. The number of alkyl halides is 2. The fraction of sp³-hybridized carbons (Fsp3) is 0.833. The molecule has 64 valence electrons. The zero-order valence-corrected chi connectivity index (χ0v) is 5.93. The molecule has 0 amide bonds. The Labute approximate surface area is 62.0 Å². The number of carbonyl (C=O) groups is 1. The van der Waals surface area contributed by atoms with Crippen LogP contribution in [0.1, 0.15) is 6.42 Å². The molecule has 1 N–H and O–H groups in total. The lowest BCUT2D eigenvalue weighted by Crippen LogP contribution is -2.27. The van der Waals surface area contributed by atoms with Gasteiger partial charge in [-0.15, -0.1) is 0 Å². The minimum atomic E-state index is -3.09. The van der Waals surface area contributed by atoms with Crippen molar-refractivity contribution in [1.29, 1.82) is 0 Å². The molecule has 1 aliphatic carbocycles. The Kier molecular flexibility index (Phi) is 1.63. The SMILES string of the molecule is COCC1(C(=O)O)CC1(F)F. The average molecular weight is 166 g/mol. The lowest BCUT2D eigenvalue weighted by atomic mass is 10.1. The Balaban J connectivity index is 2.71. The van der Waals surface area contributed by atoms with Gasteiger partial charge in [-0.05, 0) is 0 Å². The summed E-state index contributed by atoms with van der Waals surface area (Å²) in [7, 11) is 1.21. The molecule has 0 aromatic carbocycles. The van der Waals surface area contributed by atoms with Crippen molar-refractivity contribution < 1.29 is 23.4 Å². The van der Waals surface area contributed by atoms with E-state index in [0.29, 0.717) is 0 Å². The van der Waals surface area contributed by atoms with E-state index in [9.17, 15) is 13.6 Å². The third-order valence-corrected chi connectivity index (χ3v) is 1.90. The Bertz CT molecular complexity index is 192. The first-order valence-corrected chi connectivity index (χ1v) is 3.06. The summed E-state index contributed by atoms with van der Waals surface area (Å²) in [6, 6.07) is 0. The Morgan fingerprint density at radius 2 is 2.18 bits per heavy atom. The molecular formula is C6H8F2O3. The van der Waals surface area contributed by atoms with Crippen LogP contribution < -0.4 is 0 Å². The highest BCUT2D eigenvalue weighted by Crippen LogP contribution is 2.60. The maximum Gasteiger partial charge on any atom is 0.318 e. The van der Waals surface area contributed by atoms with E-state index in [1.807, 2.05) is 0 Å². The average Bonchev–Trinajstić information content (AvgIpc) is 2.36. The predicted molar refractivity (Wildman–Crippen MR) is 31.5 cm³/mol. The molecule has 1 fully saturated rings. The van der Waals surface area contributed by atoms with Gasteiger partial charge in [0.2, 0.25) is 0 Å². The molecule has 1 saturated carbocycles. The predicted octanol–water partition coefficient (Wildman–Crippen LogP) is 0.743. The van der Waals surface area contributed by atoms with E-state index >= 15 is 0 Å². The molecule has 0 heterocycles. The van der Waals surface area contributed by atoms with Gasteiger partial charge < -0.3 is 9.84 Å². The number of methoxy groups -OCH3 is 1. The summed E-state index contributed by atoms with van der Waals surface area (Å²) in [5.74, 6) is -4.57. The molecular weight excluding hydrogens is 158 g/mol. The van der Waals surface area contributed by atoms with Gasteiger partial charge >= 0.3 is 5.97 Å². The molecule has 0 aromatic rings. The molecule has 3 nitrogen and oxygen atoms in total. The van der Waals surface area contributed by atoms with Gasteiger partial charge in [-0.1, -0.05) is 0 Å². The topological polar surface area (TPSA) is 46.5 Å². The van der Waals surface area contributed by atoms with Gasteiger partial charge in [0.15, 0.2) is 5.41 Å². The first kappa shape index (κ1) is 8.39. The quantitative estimate of drug-likeness (QED) is 0.672. The highest BCUT2D eigenvalue weighted by atomic mass is 19.3. The van der Waals surface area contributed by atoms with Crippen molar-refractivity contribution in [3.63, 3.8) is 0 Å². The zero-order valence-electron chi connectivity index (χ0n) is 5.93. The van der Waals surface area contributed by atoms with E-state index in [1.165, 1.54) is 7.11 Å². The molecule has 1 aliphatic rings. The van der Waals surface area contributed by atoms with Gasteiger partial charge in [-0.2, -0.15) is 0 Å². The maximum atomic E-state index is 12.4. The zero-order chi connectivity index (χ0) is 8.70. The van der Waals surface area contributed by atoms with Gasteiger partial charge in [-0.3, -0.25) is 4.79 Å². The van der Waals surface area contributed by atoms with E-state index in [-0.39, 0.29) is 0 Å². The Morgan fingerprint density at radius 3 is 2.27 bits per heavy atom. The number of rotatable bonds is 3. The van der Waals surface area contributed by atoms with Crippen LogP contribution in [0.5, 0.6) is 0 Å². The number of halogens is 2. The number of ether oxygens (including phenoxy) is 1. The normalized spacial score (nSPS) is 33.4. The van der Waals surface area contributed by atoms with Crippen LogP contribution in [-0.2, 0) is 9.53 Å². The molecule has 11 heavy (non-hydrogen) atoms. The van der Waals surface area contributed by atoms with E-state index in [2.05, 4.69) is 4.74 Å². The third kappa shape index (κ3) is 0.994. The van der Waals surface area contributed by atoms with Crippen molar-refractivity contribution in [3.05, 3.63) is 0 Å². The van der Waals surface area contributed by atoms with Crippen LogP contribution in [-0.4, -0.2) is 30.7 Å². The summed E-state index contributed by atoms with van der Waals surface area (Å²) in [5, 5.41) is 8.41. The number of hydrogen-bond donors (Lipinski definition) is 1. The molecule has 0 saturated heterocycles. The lowest BCUT2D eigenvalue weighted by Gasteiger charge is -2.08. The highest BCUT2D eigenvalue weighted by molar-refractivity contribution is 5.80. The van der Waals surface area contributed by atoms with Gasteiger partial charge in [-0.25, -0.2) is 8.78 Å². The summed E-state index contributed by atoms with van der Waals surface area (Å²) in [5.41, 5.74) is -1.94. The van der Waals surface area contributed by atoms with Crippen molar-refractivity contribution in [2.75, 3.05) is 13.7 Å². The molecule has 0 aromatic heterocycles. The van der Waals surface area contributed by atoms with Gasteiger partial charge in [0.1, 0.15) is 0 Å². The van der Waals surface area contributed by atoms with E-state index < -0.39 is 30.3 Å². The molecule has 1 rings (SSSR count). The summed E-state index contributed by atoms with van der Waals surface area (Å²) >= 11 is 0. The Morgan fingerprint density at radius 1 is 1.73 bits per heavy atom. The summed E-state index contributed by atoms with van der Waals surface area (Å²) in [4.78, 5) is 10.3. The van der Waals surface area contributed by atoms with Crippen molar-refractivity contribution in [2.24, 2.45) is 5.41 Å². The van der Waals surface area contributed by atoms with Crippen molar-refractivity contribution >= 4 is 5.97 Å². The maximum absolute atomic E-state index is 12.4. The van der Waals surface area contributed by atoms with Crippen LogP contribution in [0.25, 0.3) is 0 Å². The summed E-state index contributed by atoms with van der Waals surface area (Å²) < 4.78 is 29.3. The van der Waals surface area contributed by atoms with E-state index in [4.69, 9.17) is 5.11 Å². The molecule has 0 bridgehead atoms. The number of carboxylic acids is 1. The third-order valence-electron chi connectivity index (χ3n) is 1.90. The molecule has 0 radical (unpaired) electrons. The number of hydrogen-bond acceptors (Lipinski definition) is 2. The van der Waals surface area contributed by atoms with Crippen LogP contribution >= 0.6 is 0 Å². The van der Waals surface area contributed by atoms with Gasteiger partial charge in [0.05, 0.1) is 6.61 Å². The van der Waals surface area contributed by atoms with Crippen LogP contribution in [0.3, 0.4) is 0 Å². The van der Waals surface area contributed by atoms with Crippen LogP contribution in [0.4, 0.5) is 8.78 Å². The van der Waals surface area contributed by atoms with Crippen molar-refractivity contribution in [3.8, 4) is 0 Å². The molecule has 1 atom stereocenters. The molecule has 1 unspecified atom stereocenters. The fourth-order valence-electron chi connectivity index (χ4n) is 1.03. The number of carboxylic acid groups (broad SMARTS) is 1. The fourth-order valence-corrected chi connectivity index (χ4v) is 1.03. The molecule has 0 spiro atoms.